The summed E-state index contributed by atoms with van der Waals surface area (Å²) in [7, 11) is 0. The van der Waals surface area contributed by atoms with Gasteiger partial charge in [0.15, 0.2) is 5.96 Å². The van der Waals surface area contributed by atoms with E-state index in [-0.39, 0.29) is 35.9 Å². The maximum atomic E-state index is 12.3. The molecular weight excluding hydrogens is 465 g/mol. The van der Waals surface area contributed by atoms with E-state index >= 15 is 0 Å². The Morgan fingerprint density at radius 3 is 2.64 bits per heavy atom. The molecule has 1 amide bonds. The zero-order valence-electron chi connectivity index (χ0n) is 16.7. The average Bonchev–Trinajstić information content (AvgIpc) is 2.71. The van der Waals surface area contributed by atoms with Crippen LogP contribution in [0.3, 0.4) is 0 Å². The number of carbonyl (C=O) groups excluding carboxylic acids is 1. The van der Waals surface area contributed by atoms with Crippen LogP contribution in [0.5, 0.6) is 0 Å². The highest BCUT2D eigenvalue weighted by Gasteiger charge is 2.09. The molecule has 28 heavy (non-hydrogen) atoms. The van der Waals surface area contributed by atoms with Crippen molar-refractivity contribution in [1.29, 1.82) is 0 Å². The van der Waals surface area contributed by atoms with E-state index in [4.69, 9.17) is 0 Å². The molecule has 0 aliphatic rings. The van der Waals surface area contributed by atoms with Gasteiger partial charge in [-0.25, -0.2) is 4.99 Å². The smallest absolute Gasteiger partial charge is 0.251 e. The summed E-state index contributed by atoms with van der Waals surface area (Å²) in [5.41, 5.74) is 2.60. The van der Waals surface area contributed by atoms with Crippen LogP contribution in [0.2, 0.25) is 0 Å². The molecule has 0 saturated heterocycles. The fraction of sp³-hybridized carbons (Fsp3) is 0.381. The second kappa shape index (κ2) is 13.1. The van der Waals surface area contributed by atoms with Crippen LogP contribution in [-0.2, 0) is 13.1 Å². The van der Waals surface area contributed by atoms with Crippen molar-refractivity contribution in [3.05, 3.63) is 65.5 Å². The fourth-order valence-electron chi connectivity index (χ4n) is 2.41. The number of guanidine groups is 1. The summed E-state index contributed by atoms with van der Waals surface area (Å²) >= 11 is 0. The molecule has 0 saturated carbocycles. The molecule has 1 atom stereocenters. The summed E-state index contributed by atoms with van der Waals surface area (Å²) in [5.74, 6) is 0.674. The molecule has 1 unspecified atom stereocenters. The van der Waals surface area contributed by atoms with Gasteiger partial charge in [-0.3, -0.25) is 9.78 Å². The summed E-state index contributed by atoms with van der Waals surface area (Å²) in [5, 5.41) is 9.49. The minimum Gasteiger partial charge on any atom is -0.357 e. The van der Waals surface area contributed by atoms with Crippen LogP contribution in [0.15, 0.2) is 53.7 Å². The molecule has 152 valence electrons. The number of pyridine rings is 1. The van der Waals surface area contributed by atoms with Gasteiger partial charge < -0.3 is 16.0 Å². The number of aliphatic imine (C=N–C) groups is 1. The number of hydrogen-bond donors (Lipinski definition) is 3. The van der Waals surface area contributed by atoms with Crippen LogP contribution in [0.1, 0.15) is 48.8 Å². The molecule has 1 heterocycles. The SMILES string of the molecule is CCNC(=NCc1cccc(C(=O)NC(C)CC)c1)NCc1ccccn1.I. The molecule has 2 rings (SSSR count). The minimum atomic E-state index is -0.0460. The van der Waals surface area contributed by atoms with E-state index in [1.165, 1.54) is 0 Å². The largest absolute Gasteiger partial charge is 0.357 e. The Labute approximate surface area is 184 Å². The van der Waals surface area contributed by atoms with Gasteiger partial charge in [-0.2, -0.15) is 0 Å². The second-order valence-corrected chi connectivity index (χ2v) is 6.35. The molecule has 2 aromatic rings. The number of amides is 1. The molecule has 0 bridgehead atoms. The van der Waals surface area contributed by atoms with Gasteiger partial charge in [0.05, 0.1) is 18.8 Å². The normalized spacial score (nSPS) is 11.9. The summed E-state index contributed by atoms with van der Waals surface area (Å²) in [6.07, 6.45) is 2.68. The number of carbonyl (C=O) groups is 1. The maximum Gasteiger partial charge on any atom is 0.251 e. The first-order valence-corrected chi connectivity index (χ1v) is 9.44. The standard InChI is InChI=1S/C21H29N5O.HI/c1-4-16(3)26-20(27)18-10-8-9-17(13-18)14-24-21(22-5-2)25-15-19-11-6-7-12-23-19;/h6-13,16H,4-5,14-15H2,1-3H3,(H,26,27)(H2,22,24,25);1H. The predicted molar refractivity (Wildman–Crippen MR) is 125 cm³/mol. The first kappa shape index (κ1) is 23.9. The molecule has 0 fully saturated rings. The van der Waals surface area contributed by atoms with Gasteiger partial charge in [0.25, 0.3) is 5.91 Å². The predicted octanol–water partition coefficient (Wildman–Crippen LogP) is 3.48. The molecule has 0 spiro atoms. The van der Waals surface area contributed by atoms with Crippen molar-refractivity contribution in [2.24, 2.45) is 4.99 Å². The van der Waals surface area contributed by atoms with Crippen LogP contribution in [0, 0.1) is 0 Å². The van der Waals surface area contributed by atoms with Crippen molar-refractivity contribution in [3.63, 3.8) is 0 Å². The lowest BCUT2D eigenvalue weighted by Gasteiger charge is -2.12. The van der Waals surface area contributed by atoms with Crippen molar-refractivity contribution < 1.29 is 4.79 Å². The molecule has 0 radical (unpaired) electrons. The Balaban J connectivity index is 0.00000392. The highest BCUT2D eigenvalue weighted by Crippen LogP contribution is 2.07. The first-order chi connectivity index (χ1) is 13.1. The summed E-state index contributed by atoms with van der Waals surface area (Å²) in [6, 6.07) is 13.6. The van der Waals surface area contributed by atoms with E-state index in [9.17, 15) is 4.79 Å². The molecule has 3 N–H and O–H groups in total. The Morgan fingerprint density at radius 1 is 1.14 bits per heavy atom. The lowest BCUT2D eigenvalue weighted by molar-refractivity contribution is 0.0939. The van der Waals surface area contributed by atoms with Gasteiger partial charge in [0.1, 0.15) is 0 Å². The topological polar surface area (TPSA) is 78.4 Å². The van der Waals surface area contributed by atoms with E-state index in [0.717, 1.165) is 30.2 Å². The monoisotopic (exact) mass is 495 g/mol. The van der Waals surface area contributed by atoms with E-state index in [2.05, 4.69) is 32.9 Å². The van der Waals surface area contributed by atoms with Crippen LogP contribution in [0.4, 0.5) is 0 Å². The van der Waals surface area contributed by atoms with Gasteiger partial charge in [-0.05, 0) is 50.1 Å². The van der Waals surface area contributed by atoms with Crippen molar-refractivity contribution in [2.75, 3.05) is 6.54 Å². The molecule has 1 aromatic heterocycles. The van der Waals surface area contributed by atoms with Crippen molar-refractivity contribution in [3.8, 4) is 0 Å². The molecule has 1 aromatic carbocycles. The number of nitrogens with zero attached hydrogens (tertiary/aromatic N) is 2. The van der Waals surface area contributed by atoms with Crippen LogP contribution in [0.25, 0.3) is 0 Å². The zero-order valence-corrected chi connectivity index (χ0v) is 19.1. The second-order valence-electron chi connectivity index (χ2n) is 6.35. The number of aromatic nitrogens is 1. The lowest BCUT2D eigenvalue weighted by Crippen LogP contribution is -2.37. The van der Waals surface area contributed by atoms with Gasteiger partial charge in [-0.15, -0.1) is 24.0 Å². The minimum absolute atomic E-state index is 0. The van der Waals surface area contributed by atoms with E-state index in [0.29, 0.717) is 18.7 Å². The van der Waals surface area contributed by atoms with Gasteiger partial charge in [0.2, 0.25) is 0 Å². The average molecular weight is 495 g/mol. The Kier molecular flexibility index (Phi) is 11.2. The summed E-state index contributed by atoms with van der Waals surface area (Å²) in [4.78, 5) is 21.2. The van der Waals surface area contributed by atoms with Crippen LogP contribution in [-0.4, -0.2) is 29.4 Å². The van der Waals surface area contributed by atoms with Crippen molar-refractivity contribution >= 4 is 35.8 Å². The number of nitrogens with one attached hydrogen (secondary N) is 3. The molecule has 6 nitrogen and oxygen atoms in total. The third-order valence-electron chi connectivity index (χ3n) is 4.11. The molecule has 0 aliphatic carbocycles. The molecule has 7 heteroatoms. The number of halogens is 1. The third-order valence-corrected chi connectivity index (χ3v) is 4.11. The van der Waals surface area contributed by atoms with Crippen molar-refractivity contribution in [2.45, 2.75) is 46.3 Å². The number of benzene rings is 1. The summed E-state index contributed by atoms with van der Waals surface area (Å²) in [6.45, 7) is 7.94. The van der Waals surface area contributed by atoms with E-state index in [1.54, 1.807) is 6.20 Å². The van der Waals surface area contributed by atoms with Crippen LogP contribution < -0.4 is 16.0 Å². The lowest BCUT2D eigenvalue weighted by atomic mass is 10.1. The highest BCUT2D eigenvalue weighted by molar-refractivity contribution is 14.0. The van der Waals surface area contributed by atoms with Gasteiger partial charge in [0, 0.05) is 24.3 Å². The molecular formula is C21H30IN5O. The van der Waals surface area contributed by atoms with E-state index in [1.807, 2.05) is 56.3 Å². The number of hydrogen-bond acceptors (Lipinski definition) is 3. The first-order valence-electron chi connectivity index (χ1n) is 9.44. The Hall–Kier alpha value is -2.16. The fourth-order valence-corrected chi connectivity index (χ4v) is 2.41. The number of rotatable bonds is 8. The summed E-state index contributed by atoms with van der Waals surface area (Å²) < 4.78 is 0. The van der Waals surface area contributed by atoms with Gasteiger partial charge >= 0.3 is 0 Å². The van der Waals surface area contributed by atoms with Crippen LogP contribution >= 0.6 is 24.0 Å². The van der Waals surface area contributed by atoms with Gasteiger partial charge in [-0.1, -0.05) is 25.1 Å². The zero-order chi connectivity index (χ0) is 19.5. The Bertz CT molecular complexity index is 751. The molecule has 0 aliphatic heterocycles. The van der Waals surface area contributed by atoms with E-state index < -0.39 is 0 Å². The van der Waals surface area contributed by atoms with Crippen molar-refractivity contribution in [1.82, 2.24) is 20.9 Å². The highest BCUT2D eigenvalue weighted by atomic mass is 127. The quantitative estimate of drug-likeness (QED) is 0.298. The third kappa shape index (κ3) is 8.24. The maximum absolute atomic E-state index is 12.3. The Morgan fingerprint density at radius 2 is 1.96 bits per heavy atom.